The highest BCUT2D eigenvalue weighted by Crippen LogP contribution is 2.29. The van der Waals surface area contributed by atoms with Crippen molar-refractivity contribution in [3.8, 4) is 11.4 Å². The second-order valence-corrected chi connectivity index (χ2v) is 6.31. The van der Waals surface area contributed by atoms with Gasteiger partial charge in [0.1, 0.15) is 18.4 Å². The van der Waals surface area contributed by atoms with Gasteiger partial charge < -0.3 is 10.4 Å². The molecule has 4 aromatic rings. The lowest BCUT2D eigenvalue weighted by atomic mass is 10.1. The summed E-state index contributed by atoms with van der Waals surface area (Å²) in [5, 5.41) is 18.4. The van der Waals surface area contributed by atoms with Crippen LogP contribution in [0.25, 0.3) is 16.6 Å². The summed E-state index contributed by atoms with van der Waals surface area (Å²) in [7, 11) is 0. The Morgan fingerprint density at radius 1 is 1.08 bits per heavy atom. The molecule has 26 heavy (non-hydrogen) atoms. The Morgan fingerprint density at radius 3 is 2.62 bits per heavy atom. The van der Waals surface area contributed by atoms with Crippen LogP contribution >= 0.6 is 0 Å². The molecule has 2 N–H and O–H groups in total. The maximum Gasteiger partial charge on any atom is 0.138 e. The molecule has 6 heteroatoms. The Kier molecular flexibility index (Phi) is 4.01. The zero-order valence-corrected chi connectivity index (χ0v) is 14.6. The summed E-state index contributed by atoms with van der Waals surface area (Å²) in [5.41, 5.74) is 4.82. The van der Waals surface area contributed by atoms with Crippen LogP contribution in [-0.2, 0) is 0 Å². The first-order chi connectivity index (χ1) is 12.6. The average molecular weight is 345 g/mol. The number of aromatic nitrogens is 4. The Hall–Kier alpha value is -3.41. The molecule has 130 valence electrons. The summed E-state index contributed by atoms with van der Waals surface area (Å²) in [6, 6.07) is 15.6. The third-order valence-corrected chi connectivity index (χ3v) is 4.37. The molecule has 0 fully saturated rings. The molecule has 2 heterocycles. The number of rotatable bonds is 4. The normalized spacial score (nSPS) is 12.2. The molecule has 2 aromatic heterocycles. The molecule has 1 unspecified atom stereocenters. The van der Waals surface area contributed by atoms with E-state index < -0.39 is 0 Å². The minimum absolute atomic E-state index is 0.110. The lowest BCUT2D eigenvalue weighted by molar-refractivity contribution is 0.476. The number of aromatic hydroxyl groups is 1. The zero-order chi connectivity index (χ0) is 18.1. The number of anilines is 1. The van der Waals surface area contributed by atoms with E-state index in [1.807, 2.05) is 31.2 Å². The molecule has 6 nitrogen and oxygen atoms in total. The average Bonchev–Trinajstić information content (AvgIpc) is 3.16. The third-order valence-electron chi connectivity index (χ3n) is 4.37. The number of fused-ring (bicyclic) bond motifs is 1. The Labute approximate surface area is 151 Å². The summed E-state index contributed by atoms with van der Waals surface area (Å²) in [4.78, 5) is 8.47. The van der Waals surface area contributed by atoms with Crippen LogP contribution in [0.1, 0.15) is 24.2 Å². The van der Waals surface area contributed by atoms with Crippen molar-refractivity contribution in [2.24, 2.45) is 0 Å². The lowest BCUT2D eigenvalue weighted by Crippen LogP contribution is -2.08. The van der Waals surface area contributed by atoms with Crippen LogP contribution in [0, 0.1) is 6.92 Å². The highest BCUT2D eigenvalue weighted by molar-refractivity contribution is 5.92. The van der Waals surface area contributed by atoms with Crippen molar-refractivity contribution < 1.29 is 5.11 Å². The summed E-state index contributed by atoms with van der Waals surface area (Å²) < 4.78 is 1.73. The van der Waals surface area contributed by atoms with Gasteiger partial charge >= 0.3 is 0 Å². The maximum atomic E-state index is 9.70. The molecule has 2 aromatic carbocycles. The molecule has 0 saturated heterocycles. The van der Waals surface area contributed by atoms with Crippen LogP contribution in [0.2, 0.25) is 0 Å². The highest BCUT2D eigenvalue weighted by atomic mass is 16.3. The number of hydrogen-bond acceptors (Lipinski definition) is 5. The molecule has 1 atom stereocenters. The number of phenolic OH excluding ortho intramolecular Hbond substituents is 1. The zero-order valence-electron chi connectivity index (χ0n) is 14.6. The highest BCUT2D eigenvalue weighted by Gasteiger charge is 2.10. The minimum atomic E-state index is 0.110. The molecule has 0 bridgehead atoms. The molecule has 0 spiro atoms. The third kappa shape index (κ3) is 3.09. The molecule has 0 amide bonds. The van der Waals surface area contributed by atoms with Crippen LogP contribution < -0.4 is 5.32 Å². The van der Waals surface area contributed by atoms with Crippen molar-refractivity contribution in [2.75, 3.05) is 5.32 Å². The van der Waals surface area contributed by atoms with Gasteiger partial charge in [0.05, 0.1) is 11.2 Å². The van der Waals surface area contributed by atoms with E-state index in [-0.39, 0.29) is 11.8 Å². The van der Waals surface area contributed by atoms with Gasteiger partial charge in [0.25, 0.3) is 0 Å². The standard InChI is InChI=1S/C20H19N5O/c1-13-9-19(18-8-7-17(26)10-20(18)23-13)24-14(2)15-3-5-16(6-4-15)25-12-21-11-22-25/h3-12,14,26H,1-2H3,(H,23,24). The van der Waals surface area contributed by atoms with Gasteiger partial charge in [0, 0.05) is 28.9 Å². The van der Waals surface area contributed by atoms with Gasteiger partial charge in [0.15, 0.2) is 0 Å². The van der Waals surface area contributed by atoms with E-state index in [4.69, 9.17) is 0 Å². The van der Waals surface area contributed by atoms with E-state index in [1.165, 1.54) is 6.33 Å². The lowest BCUT2D eigenvalue weighted by Gasteiger charge is -2.18. The maximum absolute atomic E-state index is 9.70. The molecule has 0 aliphatic carbocycles. The Morgan fingerprint density at radius 2 is 1.88 bits per heavy atom. The van der Waals surface area contributed by atoms with Crippen LogP contribution in [0.3, 0.4) is 0 Å². The SMILES string of the molecule is Cc1cc(NC(C)c2ccc(-n3cncn3)cc2)c2ccc(O)cc2n1. The largest absolute Gasteiger partial charge is 0.508 e. The van der Waals surface area contributed by atoms with Crippen LogP contribution in [0.5, 0.6) is 5.75 Å². The Bertz CT molecular complexity index is 1040. The van der Waals surface area contributed by atoms with Crippen molar-refractivity contribution in [2.45, 2.75) is 19.9 Å². The summed E-state index contributed by atoms with van der Waals surface area (Å²) in [5.74, 6) is 0.221. The monoisotopic (exact) mass is 345 g/mol. The summed E-state index contributed by atoms with van der Waals surface area (Å²) in [6.07, 6.45) is 3.20. The number of benzene rings is 2. The van der Waals surface area contributed by atoms with Crippen molar-refractivity contribution in [3.05, 3.63) is 72.4 Å². The van der Waals surface area contributed by atoms with E-state index in [2.05, 4.69) is 39.4 Å². The number of aryl methyl sites for hydroxylation is 1. The van der Waals surface area contributed by atoms with Gasteiger partial charge in [-0.3, -0.25) is 4.98 Å². The predicted octanol–water partition coefficient (Wildman–Crippen LogP) is 4.00. The fourth-order valence-electron chi connectivity index (χ4n) is 3.04. The molecular formula is C20H19N5O. The van der Waals surface area contributed by atoms with Gasteiger partial charge in [-0.1, -0.05) is 12.1 Å². The van der Waals surface area contributed by atoms with Crippen molar-refractivity contribution in [3.63, 3.8) is 0 Å². The first-order valence-electron chi connectivity index (χ1n) is 8.42. The molecule has 0 aliphatic heterocycles. The number of hydrogen-bond donors (Lipinski definition) is 2. The molecule has 4 rings (SSSR count). The van der Waals surface area contributed by atoms with Gasteiger partial charge in [-0.25, -0.2) is 9.67 Å². The fourth-order valence-corrected chi connectivity index (χ4v) is 3.04. The van der Waals surface area contributed by atoms with Crippen LogP contribution in [0.4, 0.5) is 5.69 Å². The minimum Gasteiger partial charge on any atom is -0.508 e. The smallest absolute Gasteiger partial charge is 0.138 e. The van der Waals surface area contributed by atoms with E-state index in [9.17, 15) is 5.11 Å². The quantitative estimate of drug-likeness (QED) is 0.585. The Balaban J connectivity index is 1.62. The van der Waals surface area contributed by atoms with Crippen molar-refractivity contribution in [1.29, 1.82) is 0 Å². The van der Waals surface area contributed by atoms with Gasteiger partial charge in [0.2, 0.25) is 0 Å². The first-order valence-corrected chi connectivity index (χ1v) is 8.42. The number of pyridine rings is 1. The number of nitrogens with one attached hydrogen (secondary N) is 1. The molecule has 0 aliphatic rings. The van der Waals surface area contributed by atoms with Crippen molar-refractivity contribution in [1.82, 2.24) is 19.7 Å². The first kappa shape index (κ1) is 16.1. The number of nitrogens with zero attached hydrogens (tertiary/aromatic N) is 4. The van der Waals surface area contributed by atoms with Gasteiger partial charge in [-0.2, -0.15) is 5.10 Å². The second kappa shape index (κ2) is 6.48. The predicted molar refractivity (Wildman–Crippen MR) is 102 cm³/mol. The van der Waals surface area contributed by atoms with Crippen LogP contribution in [-0.4, -0.2) is 24.9 Å². The van der Waals surface area contributed by atoms with Gasteiger partial charge in [-0.05, 0) is 49.7 Å². The topological polar surface area (TPSA) is 75.9 Å². The molecular weight excluding hydrogens is 326 g/mol. The van der Waals surface area contributed by atoms with Crippen molar-refractivity contribution >= 4 is 16.6 Å². The van der Waals surface area contributed by atoms with E-state index >= 15 is 0 Å². The fraction of sp³-hybridized carbons (Fsp3) is 0.150. The van der Waals surface area contributed by atoms with E-state index in [1.54, 1.807) is 23.1 Å². The van der Waals surface area contributed by atoms with E-state index in [0.29, 0.717) is 0 Å². The van der Waals surface area contributed by atoms with Gasteiger partial charge in [-0.15, -0.1) is 0 Å². The summed E-state index contributed by atoms with van der Waals surface area (Å²) >= 11 is 0. The second-order valence-electron chi connectivity index (χ2n) is 6.31. The molecule has 0 radical (unpaired) electrons. The number of phenols is 1. The van der Waals surface area contributed by atoms with Crippen LogP contribution in [0.15, 0.2) is 61.2 Å². The van der Waals surface area contributed by atoms with E-state index in [0.717, 1.165) is 33.5 Å². The molecule has 0 saturated carbocycles. The summed E-state index contributed by atoms with van der Waals surface area (Å²) in [6.45, 7) is 4.07.